The summed E-state index contributed by atoms with van der Waals surface area (Å²) in [7, 11) is -1.93. The summed E-state index contributed by atoms with van der Waals surface area (Å²) in [6, 6.07) is 4.88. The lowest BCUT2D eigenvalue weighted by atomic mass is 9.86. The van der Waals surface area contributed by atoms with Crippen molar-refractivity contribution in [2.45, 2.75) is 31.1 Å². The van der Waals surface area contributed by atoms with Crippen LogP contribution in [0.5, 0.6) is 5.75 Å². The molecule has 0 saturated carbocycles. The monoisotopic (exact) mass is 283 g/mol. The molecule has 0 saturated heterocycles. The second-order valence-electron chi connectivity index (χ2n) is 5.25. The number of rotatable bonds is 5. The lowest BCUT2D eigenvalue weighted by Crippen LogP contribution is -2.24. The lowest BCUT2D eigenvalue weighted by Gasteiger charge is -2.22. The van der Waals surface area contributed by atoms with Crippen molar-refractivity contribution in [2.24, 2.45) is 0 Å². The van der Waals surface area contributed by atoms with Crippen LogP contribution in [0.15, 0.2) is 35.7 Å². The van der Waals surface area contributed by atoms with Crippen LogP contribution in [0.1, 0.15) is 26.3 Å². The van der Waals surface area contributed by atoms with Gasteiger partial charge in [-0.25, -0.2) is 13.1 Å². The van der Waals surface area contributed by atoms with Gasteiger partial charge in [0.05, 0.1) is 12.0 Å². The van der Waals surface area contributed by atoms with Gasteiger partial charge in [0, 0.05) is 12.1 Å². The van der Waals surface area contributed by atoms with Crippen molar-refractivity contribution in [1.82, 2.24) is 4.72 Å². The van der Waals surface area contributed by atoms with Crippen LogP contribution in [0.2, 0.25) is 0 Å². The van der Waals surface area contributed by atoms with E-state index in [2.05, 4.69) is 11.3 Å². The maximum Gasteiger partial charge on any atom is 0.240 e. The van der Waals surface area contributed by atoms with Crippen LogP contribution in [-0.2, 0) is 15.4 Å². The second-order valence-corrected chi connectivity index (χ2v) is 7.02. The first-order valence-electron chi connectivity index (χ1n) is 6.01. The van der Waals surface area contributed by atoms with Crippen molar-refractivity contribution in [3.05, 3.63) is 36.4 Å². The molecule has 0 amide bonds. The Hall–Kier alpha value is -1.33. The standard InChI is InChI=1S/C14H21NO3S/c1-6-9-15-19(16,17)11-7-8-13(18-5)12(10-11)14(2,3)4/h6-8,10,15H,1,9H2,2-5H3. The Labute approximate surface area is 115 Å². The predicted molar refractivity (Wildman–Crippen MR) is 77.1 cm³/mol. The van der Waals surface area contributed by atoms with E-state index in [1.165, 1.54) is 6.08 Å². The van der Waals surface area contributed by atoms with Crippen molar-refractivity contribution in [2.75, 3.05) is 13.7 Å². The zero-order valence-electron chi connectivity index (χ0n) is 11.9. The maximum atomic E-state index is 12.1. The number of hydrogen-bond donors (Lipinski definition) is 1. The Morgan fingerprint density at radius 3 is 2.47 bits per heavy atom. The molecule has 0 aliphatic carbocycles. The van der Waals surface area contributed by atoms with Gasteiger partial charge in [-0.1, -0.05) is 26.8 Å². The quantitative estimate of drug-likeness (QED) is 0.845. The maximum absolute atomic E-state index is 12.1. The van der Waals surface area contributed by atoms with Crippen LogP contribution in [0, 0.1) is 0 Å². The fourth-order valence-electron chi connectivity index (χ4n) is 1.69. The number of ether oxygens (including phenoxy) is 1. The normalized spacial score (nSPS) is 12.2. The summed E-state index contributed by atoms with van der Waals surface area (Å²) < 4.78 is 31.9. The number of sulfonamides is 1. The Bertz CT molecular complexity index is 557. The van der Waals surface area contributed by atoms with E-state index in [-0.39, 0.29) is 16.9 Å². The number of benzene rings is 1. The fourth-order valence-corrected chi connectivity index (χ4v) is 2.72. The van der Waals surface area contributed by atoms with Crippen LogP contribution in [-0.4, -0.2) is 22.1 Å². The van der Waals surface area contributed by atoms with Gasteiger partial charge in [0.15, 0.2) is 0 Å². The molecular formula is C14H21NO3S. The highest BCUT2D eigenvalue weighted by Crippen LogP contribution is 2.32. The first kappa shape index (κ1) is 15.7. The van der Waals surface area contributed by atoms with Crippen molar-refractivity contribution in [3.63, 3.8) is 0 Å². The van der Waals surface area contributed by atoms with E-state index < -0.39 is 10.0 Å². The summed E-state index contributed by atoms with van der Waals surface area (Å²) in [6.45, 7) is 9.74. The number of methoxy groups -OCH3 is 1. The molecule has 19 heavy (non-hydrogen) atoms. The van der Waals surface area contributed by atoms with Crippen molar-refractivity contribution in [3.8, 4) is 5.75 Å². The topological polar surface area (TPSA) is 55.4 Å². The first-order valence-corrected chi connectivity index (χ1v) is 7.50. The molecule has 1 rings (SSSR count). The molecule has 5 heteroatoms. The molecule has 0 aliphatic heterocycles. The van der Waals surface area contributed by atoms with Crippen LogP contribution in [0.25, 0.3) is 0 Å². The Morgan fingerprint density at radius 1 is 1.37 bits per heavy atom. The molecular weight excluding hydrogens is 262 g/mol. The summed E-state index contributed by atoms with van der Waals surface area (Å²) in [4.78, 5) is 0.236. The summed E-state index contributed by atoms with van der Waals surface area (Å²) in [5, 5.41) is 0. The minimum absolute atomic E-state index is 0.199. The van der Waals surface area contributed by atoms with Crippen molar-refractivity contribution >= 4 is 10.0 Å². The fraction of sp³-hybridized carbons (Fsp3) is 0.429. The third-order valence-corrected chi connectivity index (χ3v) is 4.13. The van der Waals surface area contributed by atoms with Gasteiger partial charge in [0.25, 0.3) is 0 Å². The molecule has 1 aromatic carbocycles. The van der Waals surface area contributed by atoms with Gasteiger partial charge in [-0.2, -0.15) is 0 Å². The Kier molecular flexibility index (Phi) is 4.76. The molecule has 4 nitrogen and oxygen atoms in total. The molecule has 106 valence electrons. The lowest BCUT2D eigenvalue weighted by molar-refractivity contribution is 0.397. The van der Waals surface area contributed by atoms with Crippen LogP contribution in [0.3, 0.4) is 0 Å². The zero-order chi connectivity index (χ0) is 14.7. The molecule has 1 N–H and O–H groups in total. The summed E-state index contributed by atoms with van der Waals surface area (Å²) in [5.74, 6) is 0.690. The number of nitrogens with one attached hydrogen (secondary N) is 1. The van der Waals surface area contributed by atoms with Gasteiger partial charge in [-0.3, -0.25) is 0 Å². The molecule has 0 unspecified atom stereocenters. The molecule has 1 aromatic rings. The van der Waals surface area contributed by atoms with Crippen LogP contribution < -0.4 is 9.46 Å². The number of hydrogen-bond acceptors (Lipinski definition) is 3. The molecule has 0 heterocycles. The van der Waals surface area contributed by atoms with E-state index in [1.807, 2.05) is 20.8 Å². The predicted octanol–water partition coefficient (Wildman–Crippen LogP) is 2.46. The average Bonchev–Trinajstić information content (AvgIpc) is 2.34. The van der Waals surface area contributed by atoms with E-state index in [0.717, 1.165) is 5.56 Å². The Morgan fingerprint density at radius 2 is 2.00 bits per heavy atom. The third-order valence-electron chi connectivity index (χ3n) is 2.71. The highest BCUT2D eigenvalue weighted by molar-refractivity contribution is 7.89. The summed E-state index contributed by atoms with van der Waals surface area (Å²) in [6.07, 6.45) is 1.51. The molecule has 0 radical (unpaired) electrons. The van der Waals surface area contributed by atoms with Gasteiger partial charge in [-0.05, 0) is 23.6 Å². The molecule has 0 fully saturated rings. The van der Waals surface area contributed by atoms with Gasteiger partial charge in [0.2, 0.25) is 10.0 Å². The molecule has 0 spiro atoms. The minimum atomic E-state index is -3.51. The van der Waals surface area contributed by atoms with E-state index in [1.54, 1.807) is 25.3 Å². The molecule has 0 aliphatic rings. The van der Waals surface area contributed by atoms with Gasteiger partial charge < -0.3 is 4.74 Å². The van der Waals surface area contributed by atoms with Crippen molar-refractivity contribution in [1.29, 1.82) is 0 Å². The Balaban J connectivity index is 3.30. The van der Waals surface area contributed by atoms with E-state index in [4.69, 9.17) is 4.74 Å². The van der Waals surface area contributed by atoms with Gasteiger partial charge in [-0.15, -0.1) is 6.58 Å². The minimum Gasteiger partial charge on any atom is -0.496 e. The summed E-state index contributed by atoms with van der Waals surface area (Å²) in [5.41, 5.74) is 0.659. The SMILES string of the molecule is C=CCNS(=O)(=O)c1ccc(OC)c(C(C)(C)C)c1. The van der Waals surface area contributed by atoms with E-state index >= 15 is 0 Å². The smallest absolute Gasteiger partial charge is 0.240 e. The largest absolute Gasteiger partial charge is 0.496 e. The average molecular weight is 283 g/mol. The van der Waals surface area contributed by atoms with E-state index in [9.17, 15) is 8.42 Å². The van der Waals surface area contributed by atoms with Crippen LogP contribution >= 0.6 is 0 Å². The second kappa shape index (κ2) is 5.75. The zero-order valence-corrected chi connectivity index (χ0v) is 12.7. The molecule has 0 aromatic heterocycles. The third kappa shape index (κ3) is 3.81. The molecule has 0 bridgehead atoms. The highest BCUT2D eigenvalue weighted by Gasteiger charge is 2.22. The van der Waals surface area contributed by atoms with Gasteiger partial charge >= 0.3 is 0 Å². The summed E-state index contributed by atoms with van der Waals surface area (Å²) >= 11 is 0. The van der Waals surface area contributed by atoms with Crippen LogP contribution in [0.4, 0.5) is 0 Å². The molecule has 0 atom stereocenters. The first-order chi connectivity index (χ1) is 8.72. The van der Waals surface area contributed by atoms with Crippen molar-refractivity contribution < 1.29 is 13.2 Å². The van der Waals surface area contributed by atoms with E-state index in [0.29, 0.717) is 5.75 Å². The van der Waals surface area contributed by atoms with Gasteiger partial charge in [0.1, 0.15) is 5.75 Å². The highest BCUT2D eigenvalue weighted by atomic mass is 32.2.